The summed E-state index contributed by atoms with van der Waals surface area (Å²) in [5, 5.41) is 21.2. The fourth-order valence-corrected chi connectivity index (χ4v) is 3.01. The Hall–Kier alpha value is -1.12. The number of benzene rings is 1. The molecule has 0 saturated heterocycles. The Morgan fingerprint density at radius 2 is 1.52 bits per heavy atom. The van der Waals surface area contributed by atoms with Crippen molar-refractivity contribution in [3.8, 4) is 0 Å². The van der Waals surface area contributed by atoms with Gasteiger partial charge in [0, 0.05) is 0 Å². The summed E-state index contributed by atoms with van der Waals surface area (Å²) < 4.78 is 0. The molecule has 0 aliphatic heterocycles. The Bertz CT molecular complexity index is 454. The highest BCUT2D eigenvalue weighted by Gasteiger charge is 2.35. The maximum absolute atomic E-state index is 10.6. The zero-order valence-electron chi connectivity index (χ0n) is 13.1. The van der Waals surface area contributed by atoms with Crippen LogP contribution in [0.25, 0.3) is 0 Å². The predicted molar refractivity (Wildman–Crippen MR) is 87.2 cm³/mol. The van der Waals surface area contributed by atoms with E-state index in [2.05, 4.69) is 19.1 Å². The minimum atomic E-state index is -0.757. The Morgan fingerprint density at radius 3 is 2.10 bits per heavy atom. The highest BCUT2D eigenvalue weighted by molar-refractivity contribution is 5.18. The molecule has 0 aromatic heterocycles. The standard InChI is InChI=1S/C19H28O2/c1-2-3-7-11-18(20)13-15-19(21,16-14-18)12-10-17-8-5-4-6-9-17/h4-6,8-9,13,15,20-21H,2-3,7,10-12,14,16H2,1H3. The fourth-order valence-electron chi connectivity index (χ4n) is 3.01. The molecule has 0 bridgehead atoms. The van der Waals surface area contributed by atoms with Gasteiger partial charge in [-0.25, -0.2) is 0 Å². The van der Waals surface area contributed by atoms with E-state index in [1.165, 1.54) is 12.0 Å². The fraction of sp³-hybridized carbons (Fsp3) is 0.579. The summed E-state index contributed by atoms with van der Waals surface area (Å²) in [7, 11) is 0. The maximum atomic E-state index is 10.6. The van der Waals surface area contributed by atoms with Crippen LogP contribution in [0.3, 0.4) is 0 Å². The number of unbranched alkanes of at least 4 members (excludes halogenated alkanes) is 2. The SMILES string of the molecule is CCCCCC1(O)C=CC(O)(CCc2ccccc2)CC1. The molecule has 0 spiro atoms. The average molecular weight is 288 g/mol. The van der Waals surface area contributed by atoms with Gasteiger partial charge in [-0.1, -0.05) is 68.7 Å². The summed E-state index contributed by atoms with van der Waals surface area (Å²) in [6.45, 7) is 2.17. The molecule has 0 heterocycles. The number of hydrogen-bond acceptors (Lipinski definition) is 2. The van der Waals surface area contributed by atoms with E-state index in [0.29, 0.717) is 12.8 Å². The van der Waals surface area contributed by atoms with Crippen molar-refractivity contribution in [3.05, 3.63) is 48.0 Å². The lowest BCUT2D eigenvalue weighted by Crippen LogP contribution is -2.38. The van der Waals surface area contributed by atoms with Crippen LogP contribution in [0.5, 0.6) is 0 Å². The van der Waals surface area contributed by atoms with Gasteiger partial charge in [0.1, 0.15) is 0 Å². The van der Waals surface area contributed by atoms with Crippen molar-refractivity contribution in [2.75, 3.05) is 0 Å². The first-order valence-electron chi connectivity index (χ1n) is 8.24. The van der Waals surface area contributed by atoms with Crippen LogP contribution < -0.4 is 0 Å². The zero-order chi connectivity index (χ0) is 15.2. The van der Waals surface area contributed by atoms with Crippen LogP contribution in [0.15, 0.2) is 42.5 Å². The highest BCUT2D eigenvalue weighted by atomic mass is 16.3. The number of hydrogen-bond donors (Lipinski definition) is 2. The van der Waals surface area contributed by atoms with Crippen LogP contribution in [0.2, 0.25) is 0 Å². The van der Waals surface area contributed by atoms with Crippen LogP contribution in [0.4, 0.5) is 0 Å². The van der Waals surface area contributed by atoms with E-state index in [9.17, 15) is 10.2 Å². The minimum absolute atomic E-state index is 0.652. The van der Waals surface area contributed by atoms with E-state index < -0.39 is 11.2 Å². The van der Waals surface area contributed by atoms with Crippen molar-refractivity contribution in [2.45, 2.75) is 69.5 Å². The lowest BCUT2D eigenvalue weighted by atomic mass is 9.77. The lowest BCUT2D eigenvalue weighted by Gasteiger charge is -2.36. The molecule has 2 atom stereocenters. The van der Waals surface area contributed by atoms with Gasteiger partial charge in [-0.3, -0.25) is 0 Å². The van der Waals surface area contributed by atoms with E-state index in [-0.39, 0.29) is 0 Å². The minimum Gasteiger partial charge on any atom is -0.386 e. The predicted octanol–water partition coefficient (Wildman–Crippen LogP) is 4.01. The largest absolute Gasteiger partial charge is 0.386 e. The first kappa shape index (κ1) is 16.3. The molecule has 116 valence electrons. The van der Waals surface area contributed by atoms with Gasteiger partial charge in [0.2, 0.25) is 0 Å². The van der Waals surface area contributed by atoms with Crippen LogP contribution in [0.1, 0.15) is 57.4 Å². The first-order valence-corrected chi connectivity index (χ1v) is 8.24. The molecule has 2 unspecified atom stereocenters. The third-order valence-corrected chi connectivity index (χ3v) is 4.60. The van der Waals surface area contributed by atoms with E-state index in [1.54, 1.807) is 0 Å². The van der Waals surface area contributed by atoms with Gasteiger partial charge in [0.25, 0.3) is 0 Å². The second-order valence-electron chi connectivity index (χ2n) is 6.48. The van der Waals surface area contributed by atoms with Gasteiger partial charge in [-0.2, -0.15) is 0 Å². The van der Waals surface area contributed by atoms with Crippen molar-refractivity contribution < 1.29 is 10.2 Å². The van der Waals surface area contributed by atoms with Gasteiger partial charge in [0.15, 0.2) is 0 Å². The summed E-state index contributed by atoms with van der Waals surface area (Å²) in [4.78, 5) is 0. The molecule has 0 fully saturated rings. The van der Waals surface area contributed by atoms with E-state index >= 15 is 0 Å². The molecule has 0 radical (unpaired) electrons. The first-order chi connectivity index (χ1) is 10.1. The normalized spacial score (nSPS) is 28.7. The molecule has 1 aliphatic carbocycles. The molecular weight excluding hydrogens is 260 g/mol. The molecule has 1 aliphatic rings. The average Bonchev–Trinajstić information content (AvgIpc) is 2.51. The molecule has 2 rings (SSSR count). The zero-order valence-corrected chi connectivity index (χ0v) is 13.1. The summed E-state index contributed by atoms with van der Waals surface area (Å²) in [5.41, 5.74) is -0.204. The Labute approximate surface area is 128 Å². The Morgan fingerprint density at radius 1 is 0.905 bits per heavy atom. The molecule has 1 aromatic carbocycles. The van der Waals surface area contributed by atoms with Crippen molar-refractivity contribution in [2.24, 2.45) is 0 Å². The number of aryl methyl sites for hydroxylation is 1. The van der Waals surface area contributed by atoms with Gasteiger partial charge < -0.3 is 10.2 Å². The molecule has 21 heavy (non-hydrogen) atoms. The molecule has 0 amide bonds. The number of rotatable bonds is 7. The molecular formula is C19H28O2. The second-order valence-corrected chi connectivity index (χ2v) is 6.48. The van der Waals surface area contributed by atoms with Crippen LogP contribution in [0, 0.1) is 0 Å². The van der Waals surface area contributed by atoms with Crippen molar-refractivity contribution in [1.29, 1.82) is 0 Å². The van der Waals surface area contributed by atoms with Crippen LogP contribution in [-0.2, 0) is 6.42 Å². The molecule has 2 heteroatoms. The van der Waals surface area contributed by atoms with Crippen LogP contribution >= 0.6 is 0 Å². The summed E-state index contributed by atoms with van der Waals surface area (Å²) >= 11 is 0. The van der Waals surface area contributed by atoms with Gasteiger partial charge in [-0.05, 0) is 37.7 Å². The van der Waals surface area contributed by atoms with E-state index in [1.807, 2.05) is 30.4 Å². The van der Waals surface area contributed by atoms with Gasteiger partial charge >= 0.3 is 0 Å². The van der Waals surface area contributed by atoms with Crippen molar-refractivity contribution in [1.82, 2.24) is 0 Å². The number of aliphatic hydroxyl groups is 2. The quantitative estimate of drug-likeness (QED) is 0.588. The molecule has 1 aromatic rings. The smallest absolute Gasteiger partial charge is 0.0833 e. The lowest BCUT2D eigenvalue weighted by molar-refractivity contribution is 0.00119. The van der Waals surface area contributed by atoms with Gasteiger partial charge in [-0.15, -0.1) is 0 Å². The molecule has 2 N–H and O–H groups in total. The van der Waals surface area contributed by atoms with E-state index in [0.717, 1.165) is 32.1 Å². The third kappa shape index (κ3) is 4.98. The third-order valence-electron chi connectivity index (χ3n) is 4.60. The summed E-state index contributed by atoms with van der Waals surface area (Å²) in [6.07, 6.45) is 10.8. The van der Waals surface area contributed by atoms with Crippen molar-refractivity contribution in [3.63, 3.8) is 0 Å². The highest BCUT2D eigenvalue weighted by Crippen LogP contribution is 2.34. The van der Waals surface area contributed by atoms with Gasteiger partial charge in [0.05, 0.1) is 11.2 Å². The summed E-state index contributed by atoms with van der Waals surface area (Å²) in [6, 6.07) is 10.3. The Kier molecular flexibility index (Phi) is 5.60. The molecule has 0 saturated carbocycles. The molecule has 2 nitrogen and oxygen atoms in total. The van der Waals surface area contributed by atoms with E-state index in [4.69, 9.17) is 0 Å². The topological polar surface area (TPSA) is 40.5 Å². The maximum Gasteiger partial charge on any atom is 0.0833 e. The summed E-state index contributed by atoms with van der Waals surface area (Å²) in [5.74, 6) is 0. The second kappa shape index (κ2) is 7.24. The van der Waals surface area contributed by atoms with Crippen molar-refractivity contribution >= 4 is 0 Å². The van der Waals surface area contributed by atoms with Crippen LogP contribution in [-0.4, -0.2) is 21.4 Å². The Balaban J connectivity index is 1.87. The monoisotopic (exact) mass is 288 g/mol.